The Kier molecular flexibility index (Phi) is 4.12. The largest absolute Gasteiger partial charge is 0.369 e. The molecule has 3 aromatic rings. The molecule has 27 heavy (non-hydrogen) atoms. The minimum atomic E-state index is -1.23. The van der Waals surface area contributed by atoms with E-state index in [1.807, 2.05) is 42.5 Å². The summed E-state index contributed by atoms with van der Waals surface area (Å²) >= 11 is 1.40. The fourth-order valence-corrected chi connectivity index (χ4v) is 4.10. The zero-order valence-corrected chi connectivity index (χ0v) is 15.4. The SMILES string of the molecule is CN1C(=O)C(c2cc[c]cc2)(c2cccc(-c3ccc(C=O)s3)c2)N=C1N. The molecule has 1 atom stereocenters. The number of carbonyl (C=O) groups is 2. The molecule has 0 saturated carbocycles. The van der Waals surface area contributed by atoms with Gasteiger partial charge in [-0.3, -0.25) is 14.5 Å². The number of nitrogens with two attached hydrogens (primary N) is 1. The highest BCUT2D eigenvalue weighted by molar-refractivity contribution is 7.17. The molecule has 1 amide bonds. The number of rotatable bonds is 4. The predicted molar refractivity (Wildman–Crippen MR) is 106 cm³/mol. The van der Waals surface area contributed by atoms with E-state index in [2.05, 4.69) is 11.1 Å². The van der Waals surface area contributed by atoms with E-state index in [0.717, 1.165) is 27.9 Å². The van der Waals surface area contributed by atoms with Gasteiger partial charge in [-0.15, -0.1) is 11.3 Å². The Morgan fingerprint density at radius 2 is 1.93 bits per heavy atom. The van der Waals surface area contributed by atoms with Crippen LogP contribution in [-0.4, -0.2) is 30.1 Å². The van der Waals surface area contributed by atoms with Gasteiger partial charge in [0.25, 0.3) is 5.91 Å². The van der Waals surface area contributed by atoms with Crippen LogP contribution in [0.5, 0.6) is 0 Å². The quantitative estimate of drug-likeness (QED) is 0.713. The average Bonchev–Trinajstić information content (AvgIpc) is 3.28. The first-order valence-corrected chi connectivity index (χ1v) is 9.14. The van der Waals surface area contributed by atoms with Gasteiger partial charge >= 0.3 is 0 Å². The zero-order chi connectivity index (χ0) is 19.0. The van der Waals surface area contributed by atoms with Gasteiger partial charge in [0.2, 0.25) is 0 Å². The number of benzene rings is 2. The molecule has 0 spiro atoms. The first-order chi connectivity index (χ1) is 13.1. The number of hydrogen-bond acceptors (Lipinski definition) is 5. The number of aliphatic imine (C=N–C) groups is 1. The summed E-state index contributed by atoms with van der Waals surface area (Å²) in [5, 5.41) is 0. The minimum Gasteiger partial charge on any atom is -0.369 e. The Morgan fingerprint density at radius 1 is 1.15 bits per heavy atom. The fourth-order valence-electron chi connectivity index (χ4n) is 3.28. The van der Waals surface area contributed by atoms with E-state index in [-0.39, 0.29) is 11.9 Å². The van der Waals surface area contributed by atoms with Crippen LogP contribution >= 0.6 is 11.3 Å². The van der Waals surface area contributed by atoms with Gasteiger partial charge in [0.15, 0.2) is 17.8 Å². The molecule has 4 rings (SSSR count). The molecule has 1 aromatic heterocycles. The van der Waals surface area contributed by atoms with Crippen molar-refractivity contribution in [3.8, 4) is 10.4 Å². The van der Waals surface area contributed by atoms with E-state index < -0.39 is 5.54 Å². The average molecular weight is 374 g/mol. The maximum absolute atomic E-state index is 13.2. The number of aldehydes is 1. The van der Waals surface area contributed by atoms with Crippen LogP contribution in [0.15, 0.2) is 65.7 Å². The van der Waals surface area contributed by atoms with Crippen molar-refractivity contribution in [3.05, 3.63) is 82.7 Å². The lowest BCUT2D eigenvalue weighted by Gasteiger charge is -2.26. The van der Waals surface area contributed by atoms with E-state index in [0.29, 0.717) is 4.88 Å². The zero-order valence-electron chi connectivity index (χ0n) is 14.5. The third-order valence-electron chi connectivity index (χ3n) is 4.68. The number of hydrogen-bond donors (Lipinski definition) is 1. The van der Waals surface area contributed by atoms with Crippen LogP contribution in [0, 0.1) is 6.07 Å². The summed E-state index contributed by atoms with van der Waals surface area (Å²) in [5.41, 5.74) is 7.15. The number of amides is 1. The molecule has 2 N–H and O–H groups in total. The molecule has 1 radical (unpaired) electrons. The van der Waals surface area contributed by atoms with Gasteiger partial charge in [-0.05, 0) is 41.0 Å². The number of likely N-dealkylation sites (N-methyl/N-ethyl adjacent to an activating group) is 1. The molecule has 0 bridgehead atoms. The summed E-state index contributed by atoms with van der Waals surface area (Å²) in [6.07, 6.45) is 0.834. The van der Waals surface area contributed by atoms with Crippen LogP contribution in [0.3, 0.4) is 0 Å². The van der Waals surface area contributed by atoms with Gasteiger partial charge < -0.3 is 5.73 Å². The summed E-state index contributed by atoms with van der Waals surface area (Å²) in [7, 11) is 1.62. The van der Waals surface area contributed by atoms with Crippen molar-refractivity contribution in [1.29, 1.82) is 0 Å². The van der Waals surface area contributed by atoms with E-state index in [4.69, 9.17) is 5.73 Å². The number of guanidine groups is 1. The second-order valence-electron chi connectivity index (χ2n) is 6.23. The topological polar surface area (TPSA) is 75.8 Å². The molecule has 0 aliphatic carbocycles. The van der Waals surface area contributed by atoms with Crippen molar-refractivity contribution in [2.24, 2.45) is 10.7 Å². The highest BCUT2D eigenvalue weighted by atomic mass is 32.1. The second-order valence-corrected chi connectivity index (χ2v) is 7.35. The van der Waals surface area contributed by atoms with Crippen molar-refractivity contribution in [2.75, 3.05) is 7.05 Å². The molecular formula is C21H16N3O2S. The Morgan fingerprint density at radius 3 is 2.56 bits per heavy atom. The summed E-state index contributed by atoms with van der Waals surface area (Å²) in [4.78, 5) is 31.8. The van der Waals surface area contributed by atoms with Crippen LogP contribution in [-0.2, 0) is 10.3 Å². The molecule has 5 nitrogen and oxygen atoms in total. The Labute approximate surface area is 160 Å². The summed E-state index contributed by atoms with van der Waals surface area (Å²) < 4.78 is 0. The van der Waals surface area contributed by atoms with Gasteiger partial charge in [0.05, 0.1) is 4.88 Å². The lowest BCUT2D eigenvalue weighted by Crippen LogP contribution is -2.41. The van der Waals surface area contributed by atoms with Gasteiger partial charge in [0.1, 0.15) is 0 Å². The molecule has 2 aromatic carbocycles. The molecular weight excluding hydrogens is 358 g/mol. The molecule has 0 saturated heterocycles. The fraction of sp³-hybridized carbons (Fsp3) is 0.0952. The van der Waals surface area contributed by atoms with E-state index >= 15 is 0 Å². The second kappa shape index (κ2) is 6.48. The smallest absolute Gasteiger partial charge is 0.266 e. The first kappa shape index (κ1) is 17.2. The number of nitrogens with zero attached hydrogens (tertiary/aromatic N) is 2. The standard InChI is InChI=1S/C21H16N3O2S/c1-24-19(26)21(23-20(24)22,15-7-3-2-4-8-15)16-9-5-6-14(12-16)18-11-10-17(13-25)27-18/h3-13H,1H3,(H2,22,23). The monoisotopic (exact) mass is 374 g/mol. The van der Waals surface area contributed by atoms with Crippen LogP contribution in [0.2, 0.25) is 0 Å². The van der Waals surface area contributed by atoms with Crippen molar-refractivity contribution in [3.63, 3.8) is 0 Å². The molecule has 1 aliphatic heterocycles. The predicted octanol–water partition coefficient (Wildman–Crippen LogP) is 3.06. The highest BCUT2D eigenvalue weighted by Crippen LogP contribution is 2.40. The van der Waals surface area contributed by atoms with Gasteiger partial charge in [-0.1, -0.05) is 42.5 Å². The van der Waals surface area contributed by atoms with Crippen molar-refractivity contribution < 1.29 is 9.59 Å². The van der Waals surface area contributed by atoms with E-state index in [9.17, 15) is 9.59 Å². The maximum atomic E-state index is 13.2. The maximum Gasteiger partial charge on any atom is 0.266 e. The first-order valence-electron chi connectivity index (χ1n) is 8.32. The number of carbonyl (C=O) groups excluding carboxylic acids is 2. The van der Waals surface area contributed by atoms with Crippen LogP contribution in [0.25, 0.3) is 10.4 Å². The van der Waals surface area contributed by atoms with Crippen LogP contribution in [0.4, 0.5) is 0 Å². The van der Waals surface area contributed by atoms with Crippen molar-refractivity contribution in [2.45, 2.75) is 5.54 Å². The molecule has 0 fully saturated rings. The normalized spacial score (nSPS) is 19.2. The van der Waals surface area contributed by atoms with Crippen molar-refractivity contribution in [1.82, 2.24) is 4.90 Å². The summed E-state index contributed by atoms with van der Waals surface area (Å²) in [6.45, 7) is 0. The number of thiophene rings is 1. The third-order valence-corrected chi connectivity index (χ3v) is 5.74. The van der Waals surface area contributed by atoms with Gasteiger partial charge in [-0.25, -0.2) is 4.99 Å². The van der Waals surface area contributed by atoms with E-state index in [1.165, 1.54) is 16.2 Å². The van der Waals surface area contributed by atoms with E-state index in [1.54, 1.807) is 25.2 Å². The summed E-state index contributed by atoms with van der Waals surface area (Å²) in [5.74, 6) is -0.0271. The van der Waals surface area contributed by atoms with Crippen molar-refractivity contribution >= 4 is 29.5 Å². The lowest BCUT2D eigenvalue weighted by atomic mass is 9.82. The molecule has 1 aliphatic rings. The minimum absolute atomic E-state index is 0.178. The van der Waals surface area contributed by atoms with Gasteiger partial charge in [0, 0.05) is 11.9 Å². The molecule has 1 unspecified atom stereocenters. The van der Waals surface area contributed by atoms with Crippen LogP contribution < -0.4 is 5.73 Å². The van der Waals surface area contributed by atoms with Gasteiger partial charge in [-0.2, -0.15) is 0 Å². The lowest BCUT2D eigenvalue weighted by molar-refractivity contribution is -0.129. The Bertz CT molecular complexity index is 1060. The molecule has 2 heterocycles. The summed E-state index contributed by atoms with van der Waals surface area (Å²) in [6, 6.07) is 21.5. The van der Waals surface area contributed by atoms with Crippen LogP contribution in [0.1, 0.15) is 20.8 Å². The Hall–Kier alpha value is -3.25. The molecule has 6 heteroatoms. The third kappa shape index (κ3) is 2.65. The molecule has 133 valence electrons. The highest BCUT2D eigenvalue weighted by Gasteiger charge is 2.49. The Balaban J connectivity index is 1.91.